The average Bonchev–Trinajstić information content (AvgIpc) is 3.58. The van der Waals surface area contributed by atoms with E-state index < -0.39 is 28.1 Å². The number of aromatic amines is 1. The molecule has 0 spiro atoms. The van der Waals surface area contributed by atoms with Crippen LogP contribution in [0, 0.1) is 0 Å². The van der Waals surface area contributed by atoms with Gasteiger partial charge in [-0.3, -0.25) is 9.69 Å². The van der Waals surface area contributed by atoms with Crippen molar-refractivity contribution >= 4 is 32.8 Å². The van der Waals surface area contributed by atoms with E-state index in [1.807, 2.05) is 18.3 Å². The van der Waals surface area contributed by atoms with E-state index in [1.165, 1.54) is 0 Å². The van der Waals surface area contributed by atoms with Crippen molar-refractivity contribution in [1.82, 2.24) is 14.2 Å². The number of nitrogens with two attached hydrogens (primary N) is 1. The van der Waals surface area contributed by atoms with Crippen LogP contribution in [0.15, 0.2) is 35.1 Å². The number of rotatable bonds is 9. The summed E-state index contributed by atoms with van der Waals surface area (Å²) in [6.07, 6.45) is 0.0615. The first-order valence-electron chi connectivity index (χ1n) is 13.2. The van der Waals surface area contributed by atoms with Crippen molar-refractivity contribution in [3.63, 3.8) is 0 Å². The quantitative estimate of drug-likeness (QED) is 0.327. The van der Waals surface area contributed by atoms with Crippen LogP contribution < -0.4 is 5.73 Å². The minimum Gasteiger partial charge on any atom is -0.475 e. The first kappa shape index (κ1) is 32.2. The maximum atomic E-state index is 12.3. The van der Waals surface area contributed by atoms with Crippen molar-refractivity contribution in [2.24, 2.45) is 5.73 Å². The number of benzene rings is 1. The normalized spacial score (nSPS) is 15.2. The number of nitrogens with zero attached hydrogens (tertiary/aromatic N) is 2. The highest BCUT2D eigenvalue weighted by Crippen LogP contribution is 2.37. The van der Waals surface area contributed by atoms with Crippen molar-refractivity contribution in [2.75, 3.05) is 31.9 Å². The van der Waals surface area contributed by atoms with Gasteiger partial charge < -0.3 is 20.2 Å². The van der Waals surface area contributed by atoms with Gasteiger partial charge in [-0.25, -0.2) is 17.5 Å². The predicted octanol–water partition coefficient (Wildman–Crippen LogP) is 4.53. The summed E-state index contributed by atoms with van der Waals surface area (Å²) in [7, 11) is -3.18. The predicted molar refractivity (Wildman–Crippen MR) is 148 cm³/mol. The van der Waals surface area contributed by atoms with Gasteiger partial charge in [0.1, 0.15) is 5.76 Å². The Morgan fingerprint density at radius 2 is 1.73 bits per heavy atom. The lowest BCUT2D eigenvalue weighted by Gasteiger charge is -2.31. The van der Waals surface area contributed by atoms with Gasteiger partial charge in [0.2, 0.25) is 10.0 Å². The van der Waals surface area contributed by atoms with E-state index >= 15 is 0 Å². The molecule has 1 aromatic carbocycles. The fraction of sp³-hybridized carbons (Fsp3) is 0.481. The number of carboxylic acids is 1. The molecule has 226 valence electrons. The van der Waals surface area contributed by atoms with Crippen LogP contribution in [-0.2, 0) is 21.4 Å². The van der Waals surface area contributed by atoms with Crippen LogP contribution >= 0.6 is 0 Å². The van der Waals surface area contributed by atoms with E-state index in [4.69, 9.17) is 20.1 Å². The average molecular weight is 601 g/mol. The van der Waals surface area contributed by atoms with E-state index in [0.717, 1.165) is 65.8 Å². The Balaban J connectivity index is 0.000000587. The smallest absolute Gasteiger partial charge is 0.475 e. The monoisotopic (exact) mass is 600 g/mol. The standard InChI is InChI=1S/C25H34N4O4S.C2HF3O2/c1-4-28(5-2)15-20-11-19(16-33-20)18-12-21-23(14-27-24(21)22(13-18)25(26)30)17-7-9-29(10-8-17)34(31,32)6-3;3-2(4,5)1(6)7/h11-14,16-17,27H,4-10,15H2,1-3H3,(H2,26,30);(H,6,7). The zero-order valence-corrected chi connectivity index (χ0v) is 23.9. The van der Waals surface area contributed by atoms with Gasteiger partial charge in [0, 0.05) is 30.2 Å². The van der Waals surface area contributed by atoms with Crippen molar-refractivity contribution < 1.29 is 40.7 Å². The second kappa shape index (κ2) is 13.1. The lowest BCUT2D eigenvalue weighted by atomic mass is 9.88. The number of primary amides is 1. The third kappa shape index (κ3) is 7.68. The number of nitrogens with one attached hydrogen (secondary N) is 1. The second-order valence-electron chi connectivity index (χ2n) is 9.69. The maximum Gasteiger partial charge on any atom is 0.490 e. The van der Waals surface area contributed by atoms with Crippen LogP contribution in [0.2, 0.25) is 0 Å². The summed E-state index contributed by atoms with van der Waals surface area (Å²) >= 11 is 0. The molecule has 1 amide bonds. The van der Waals surface area contributed by atoms with Crippen molar-refractivity contribution in [2.45, 2.75) is 52.3 Å². The van der Waals surface area contributed by atoms with Gasteiger partial charge in [-0.15, -0.1) is 0 Å². The summed E-state index contributed by atoms with van der Waals surface area (Å²) in [4.78, 5) is 26.7. The molecule has 41 heavy (non-hydrogen) atoms. The molecule has 1 saturated heterocycles. The van der Waals surface area contributed by atoms with Crippen LogP contribution in [0.3, 0.4) is 0 Å². The minimum atomic E-state index is -5.08. The Bertz CT molecular complexity index is 1470. The Labute approximate surface area is 236 Å². The van der Waals surface area contributed by atoms with Crippen molar-refractivity contribution in [1.29, 1.82) is 0 Å². The lowest BCUT2D eigenvalue weighted by Crippen LogP contribution is -2.38. The number of fused-ring (bicyclic) bond motifs is 1. The molecular formula is C27H35F3N4O6S. The first-order valence-corrected chi connectivity index (χ1v) is 14.9. The highest BCUT2D eigenvalue weighted by atomic mass is 32.2. The van der Waals surface area contributed by atoms with E-state index in [2.05, 4.69) is 29.8 Å². The molecule has 3 aromatic rings. The molecule has 0 unspecified atom stereocenters. The Kier molecular flexibility index (Phi) is 10.3. The lowest BCUT2D eigenvalue weighted by molar-refractivity contribution is -0.192. The number of aliphatic carboxylic acids is 1. The zero-order chi connectivity index (χ0) is 30.5. The summed E-state index contributed by atoms with van der Waals surface area (Å²) in [5.74, 6) is -2.05. The summed E-state index contributed by atoms with van der Waals surface area (Å²) in [6, 6.07) is 5.91. The molecule has 1 fully saturated rings. The third-order valence-corrected chi connectivity index (χ3v) is 9.12. The number of carbonyl (C=O) groups is 2. The number of sulfonamides is 1. The fourth-order valence-electron chi connectivity index (χ4n) is 4.86. The Hall–Kier alpha value is -3.36. The zero-order valence-electron chi connectivity index (χ0n) is 23.1. The molecule has 0 aliphatic carbocycles. The van der Waals surface area contributed by atoms with Gasteiger partial charge >= 0.3 is 12.1 Å². The van der Waals surface area contributed by atoms with Crippen LogP contribution in [0.4, 0.5) is 13.2 Å². The maximum absolute atomic E-state index is 12.3. The summed E-state index contributed by atoms with van der Waals surface area (Å²) in [6.45, 7) is 9.54. The van der Waals surface area contributed by atoms with Crippen molar-refractivity contribution in [3.8, 4) is 11.1 Å². The van der Waals surface area contributed by atoms with E-state index in [0.29, 0.717) is 18.7 Å². The van der Waals surface area contributed by atoms with E-state index in [-0.39, 0.29) is 11.7 Å². The van der Waals surface area contributed by atoms with Gasteiger partial charge in [0.05, 0.1) is 29.6 Å². The molecule has 4 rings (SSSR count). The van der Waals surface area contributed by atoms with E-state index in [9.17, 15) is 26.4 Å². The number of alkyl halides is 3. The topological polar surface area (TPSA) is 150 Å². The number of amides is 1. The highest BCUT2D eigenvalue weighted by molar-refractivity contribution is 7.89. The highest BCUT2D eigenvalue weighted by Gasteiger charge is 2.38. The summed E-state index contributed by atoms with van der Waals surface area (Å²) < 4.78 is 63.6. The summed E-state index contributed by atoms with van der Waals surface area (Å²) in [5.41, 5.74) is 9.79. The van der Waals surface area contributed by atoms with Crippen LogP contribution in [0.25, 0.3) is 22.0 Å². The number of hydrogen-bond donors (Lipinski definition) is 3. The molecule has 3 heterocycles. The molecule has 1 aliphatic rings. The second-order valence-corrected chi connectivity index (χ2v) is 12.0. The van der Waals surface area contributed by atoms with Gasteiger partial charge in [0.15, 0.2) is 0 Å². The minimum absolute atomic E-state index is 0.122. The molecule has 0 atom stereocenters. The largest absolute Gasteiger partial charge is 0.490 e. The number of aromatic nitrogens is 1. The molecule has 10 nitrogen and oxygen atoms in total. The number of carboxylic acid groups (broad SMARTS) is 1. The number of hydrogen-bond acceptors (Lipinski definition) is 6. The fourth-order valence-corrected chi connectivity index (χ4v) is 5.99. The first-order chi connectivity index (χ1) is 19.2. The molecular weight excluding hydrogens is 565 g/mol. The van der Waals surface area contributed by atoms with Crippen LogP contribution in [-0.4, -0.2) is 77.7 Å². The van der Waals surface area contributed by atoms with Gasteiger partial charge in [-0.2, -0.15) is 13.2 Å². The molecule has 4 N–H and O–H groups in total. The van der Waals surface area contributed by atoms with Crippen molar-refractivity contribution in [3.05, 3.63) is 47.5 Å². The van der Waals surface area contributed by atoms with Crippen LogP contribution in [0.5, 0.6) is 0 Å². The van der Waals surface area contributed by atoms with Gasteiger partial charge in [-0.05, 0) is 68.1 Å². The number of piperidine rings is 1. The number of halogens is 3. The van der Waals surface area contributed by atoms with Gasteiger partial charge in [-0.1, -0.05) is 13.8 Å². The molecule has 14 heteroatoms. The van der Waals surface area contributed by atoms with Crippen LogP contribution in [0.1, 0.15) is 61.2 Å². The third-order valence-electron chi connectivity index (χ3n) is 7.24. The van der Waals surface area contributed by atoms with Gasteiger partial charge in [0.25, 0.3) is 5.91 Å². The SMILES string of the molecule is CCN(CC)Cc1cc(-c2cc(C(N)=O)c3[nH]cc(C4CCN(S(=O)(=O)CC)CC4)c3c2)co1.O=C(O)C(F)(F)F. The molecule has 0 bridgehead atoms. The Morgan fingerprint density at radius 3 is 2.24 bits per heavy atom. The molecule has 1 aliphatic heterocycles. The molecule has 2 aromatic heterocycles. The summed E-state index contributed by atoms with van der Waals surface area (Å²) in [5, 5.41) is 8.08. The molecule has 0 radical (unpaired) electrons. The number of H-pyrrole nitrogens is 1. The van der Waals surface area contributed by atoms with E-state index in [1.54, 1.807) is 17.5 Å². The number of carbonyl (C=O) groups excluding carboxylic acids is 1. The Morgan fingerprint density at radius 1 is 1.12 bits per heavy atom. The molecule has 0 saturated carbocycles. The number of furan rings is 1.